The molecular weight excluding hydrogens is 394 g/mol. The van der Waals surface area contributed by atoms with Gasteiger partial charge in [-0.25, -0.2) is 0 Å². The highest BCUT2D eigenvalue weighted by molar-refractivity contribution is 7.80. The average molecular weight is 422 g/mol. The fourth-order valence-corrected chi connectivity index (χ4v) is 4.05. The van der Waals surface area contributed by atoms with Gasteiger partial charge in [0.2, 0.25) is 11.0 Å². The molecule has 0 saturated carbocycles. The molecule has 4 rings (SSSR count). The number of aromatic nitrogens is 1. The molecule has 30 heavy (non-hydrogen) atoms. The lowest BCUT2D eigenvalue weighted by Gasteiger charge is -2.32. The second kappa shape index (κ2) is 8.83. The van der Waals surface area contributed by atoms with Gasteiger partial charge in [-0.3, -0.25) is 0 Å². The summed E-state index contributed by atoms with van der Waals surface area (Å²) in [5, 5.41) is 23.0. The summed E-state index contributed by atoms with van der Waals surface area (Å²) < 4.78 is 0. The van der Waals surface area contributed by atoms with Crippen LogP contribution in [0.4, 0.5) is 17.1 Å². The molecule has 2 aromatic carbocycles. The van der Waals surface area contributed by atoms with Gasteiger partial charge in [-0.15, -0.1) is 10.2 Å². The van der Waals surface area contributed by atoms with Gasteiger partial charge >= 0.3 is 0 Å². The number of aromatic amines is 1. The number of nitrogens with one attached hydrogen (secondary N) is 2. The Labute approximate surface area is 182 Å². The Hall–Kier alpha value is -2.93. The molecule has 3 aromatic rings. The van der Waals surface area contributed by atoms with Gasteiger partial charge < -0.3 is 20.3 Å². The molecule has 0 amide bonds. The van der Waals surface area contributed by atoms with Gasteiger partial charge in [-0.05, 0) is 67.2 Å². The number of para-hydroxylation sites is 1. The van der Waals surface area contributed by atoms with Gasteiger partial charge in [0.05, 0.1) is 5.52 Å². The van der Waals surface area contributed by atoms with E-state index in [1.54, 1.807) is 0 Å². The first-order valence-corrected chi connectivity index (χ1v) is 10.9. The van der Waals surface area contributed by atoms with E-state index in [0.717, 1.165) is 53.3 Å². The summed E-state index contributed by atoms with van der Waals surface area (Å²) in [6.45, 7) is 6.49. The lowest BCUT2D eigenvalue weighted by molar-refractivity contribution is 0.438. The Morgan fingerprint density at radius 2 is 2.00 bits per heavy atom. The van der Waals surface area contributed by atoms with Crippen LogP contribution in [0.5, 0.6) is 5.88 Å². The topological polar surface area (TPSA) is 76.0 Å². The highest BCUT2D eigenvalue weighted by atomic mass is 32.1. The third kappa shape index (κ3) is 4.31. The van der Waals surface area contributed by atoms with E-state index in [4.69, 9.17) is 12.2 Å². The monoisotopic (exact) mass is 421 g/mol. The minimum Gasteiger partial charge on any atom is -0.493 e. The molecule has 7 heteroatoms. The largest absolute Gasteiger partial charge is 0.493 e. The molecule has 1 aliphatic rings. The number of azo groups is 1. The van der Waals surface area contributed by atoms with Crippen LogP contribution < -0.4 is 10.2 Å². The van der Waals surface area contributed by atoms with Crippen molar-refractivity contribution in [1.29, 1.82) is 0 Å². The normalized spacial score (nSPS) is 15.2. The molecule has 0 aliphatic carbocycles. The maximum Gasteiger partial charge on any atom is 0.218 e. The summed E-state index contributed by atoms with van der Waals surface area (Å²) in [6, 6.07) is 14.1. The number of benzene rings is 2. The van der Waals surface area contributed by atoms with Crippen molar-refractivity contribution in [3.63, 3.8) is 0 Å². The number of hydrogen-bond acceptors (Lipinski definition) is 4. The van der Waals surface area contributed by atoms with Crippen LogP contribution >= 0.6 is 12.2 Å². The first kappa shape index (κ1) is 20.3. The predicted octanol–water partition coefficient (Wildman–Crippen LogP) is 6.15. The van der Waals surface area contributed by atoms with Gasteiger partial charge in [-0.2, -0.15) is 0 Å². The van der Waals surface area contributed by atoms with E-state index in [9.17, 15) is 5.11 Å². The van der Waals surface area contributed by atoms with Crippen LogP contribution in [0.1, 0.15) is 32.3 Å². The second-order valence-corrected chi connectivity index (χ2v) is 8.25. The van der Waals surface area contributed by atoms with E-state index in [-0.39, 0.29) is 11.0 Å². The Morgan fingerprint density at radius 1 is 1.23 bits per heavy atom. The van der Waals surface area contributed by atoms with E-state index < -0.39 is 0 Å². The summed E-state index contributed by atoms with van der Waals surface area (Å²) >= 11 is 5.35. The Balaban J connectivity index is 1.56. The van der Waals surface area contributed by atoms with E-state index in [1.165, 1.54) is 12.8 Å². The Morgan fingerprint density at radius 3 is 2.77 bits per heavy atom. The minimum absolute atomic E-state index is 0.00470. The molecule has 0 unspecified atom stereocenters. The number of hydrogen-bond donors (Lipinski definition) is 3. The van der Waals surface area contributed by atoms with E-state index >= 15 is 0 Å². The lowest BCUT2D eigenvalue weighted by atomic mass is 9.98. The second-order valence-electron chi connectivity index (χ2n) is 7.86. The molecule has 6 nitrogen and oxygen atoms in total. The molecule has 156 valence electrons. The predicted molar refractivity (Wildman–Crippen MR) is 127 cm³/mol. The van der Waals surface area contributed by atoms with Gasteiger partial charge in [0, 0.05) is 29.9 Å². The van der Waals surface area contributed by atoms with E-state index in [0.29, 0.717) is 5.69 Å². The molecule has 1 aliphatic heterocycles. The van der Waals surface area contributed by atoms with Gasteiger partial charge in [0.15, 0.2) is 5.69 Å². The molecule has 2 heterocycles. The van der Waals surface area contributed by atoms with Crippen LogP contribution in [0.2, 0.25) is 0 Å². The number of aryl methyl sites for hydroxylation is 1. The maximum atomic E-state index is 10.4. The molecule has 1 aromatic heterocycles. The van der Waals surface area contributed by atoms with Crippen molar-refractivity contribution < 1.29 is 5.11 Å². The van der Waals surface area contributed by atoms with Crippen molar-refractivity contribution in [3.8, 4) is 5.88 Å². The molecule has 0 atom stereocenters. The maximum absolute atomic E-state index is 10.4. The van der Waals surface area contributed by atoms with Crippen LogP contribution in [0, 0.1) is 5.92 Å². The minimum atomic E-state index is -0.00470. The number of H-pyrrole nitrogens is 1. The number of anilines is 2. The summed E-state index contributed by atoms with van der Waals surface area (Å²) in [5.74, 6) is 0.770. The molecule has 1 saturated heterocycles. The number of rotatable bonds is 4. The third-order valence-corrected chi connectivity index (χ3v) is 5.95. The van der Waals surface area contributed by atoms with Gasteiger partial charge in [0.1, 0.15) is 0 Å². The van der Waals surface area contributed by atoms with Crippen LogP contribution in [0.15, 0.2) is 52.7 Å². The van der Waals surface area contributed by atoms with Crippen LogP contribution in [-0.2, 0) is 6.42 Å². The van der Waals surface area contributed by atoms with Crippen LogP contribution in [-0.4, -0.2) is 28.3 Å². The highest BCUT2D eigenvalue weighted by Gasteiger charge is 2.18. The third-order valence-electron chi connectivity index (χ3n) is 5.77. The smallest absolute Gasteiger partial charge is 0.218 e. The number of nitrogens with zero attached hydrogens (tertiary/aromatic N) is 3. The van der Waals surface area contributed by atoms with Gasteiger partial charge in [0.25, 0.3) is 0 Å². The van der Waals surface area contributed by atoms with Gasteiger partial charge in [-0.1, -0.05) is 32.0 Å². The fraction of sp³-hybridized carbons (Fsp3) is 0.348. The van der Waals surface area contributed by atoms with Crippen molar-refractivity contribution in [2.24, 2.45) is 16.1 Å². The van der Waals surface area contributed by atoms with E-state index in [1.807, 2.05) is 24.3 Å². The van der Waals surface area contributed by atoms with Crippen molar-refractivity contribution in [2.75, 3.05) is 23.3 Å². The first-order valence-electron chi connectivity index (χ1n) is 10.5. The van der Waals surface area contributed by atoms with Crippen molar-refractivity contribution in [3.05, 3.63) is 48.0 Å². The van der Waals surface area contributed by atoms with Crippen molar-refractivity contribution >= 4 is 45.3 Å². The molecule has 0 bridgehead atoms. The Bertz CT molecular complexity index is 1080. The van der Waals surface area contributed by atoms with Crippen LogP contribution in [0.25, 0.3) is 10.9 Å². The molecule has 0 spiro atoms. The molecular formula is C23H27N5OS. The summed E-state index contributed by atoms with van der Waals surface area (Å²) in [7, 11) is 0. The molecule has 0 radical (unpaired) electrons. The number of aromatic hydroxyl groups is 1. The molecule has 3 N–H and O–H groups in total. The SMILES string of the molecule is CCc1ccccc1NC(=S)N=Nc1c(O)[nH]c2ccc(N3CCC(C)CC3)cc12. The zero-order valence-electron chi connectivity index (χ0n) is 17.4. The first-order chi connectivity index (χ1) is 14.5. The fourth-order valence-electron chi connectivity index (χ4n) is 3.90. The highest BCUT2D eigenvalue weighted by Crippen LogP contribution is 2.38. The summed E-state index contributed by atoms with van der Waals surface area (Å²) in [4.78, 5) is 5.36. The average Bonchev–Trinajstić information content (AvgIpc) is 3.07. The lowest BCUT2D eigenvalue weighted by Crippen LogP contribution is -2.32. The quantitative estimate of drug-likeness (QED) is 0.349. The number of thiocarbonyl (C=S) groups is 1. The molecule has 1 fully saturated rings. The standard InChI is InChI=1S/C23H27N5OS/c1-3-16-6-4-5-7-19(16)25-23(30)27-26-21-18-14-17(8-9-20(18)24-22(21)29)28-12-10-15(2)11-13-28/h4-9,14-15,24,29H,3,10-13H2,1-2H3,(H,25,30). The zero-order chi connectivity index (χ0) is 21.1. The summed E-state index contributed by atoms with van der Waals surface area (Å²) in [5.41, 5.74) is 4.46. The summed E-state index contributed by atoms with van der Waals surface area (Å²) in [6.07, 6.45) is 3.29. The van der Waals surface area contributed by atoms with Crippen molar-refractivity contribution in [1.82, 2.24) is 4.98 Å². The van der Waals surface area contributed by atoms with E-state index in [2.05, 4.69) is 57.5 Å². The number of fused-ring (bicyclic) bond motifs is 1. The van der Waals surface area contributed by atoms with Crippen molar-refractivity contribution in [2.45, 2.75) is 33.1 Å². The number of piperidine rings is 1. The zero-order valence-corrected chi connectivity index (χ0v) is 18.2. The van der Waals surface area contributed by atoms with Crippen LogP contribution in [0.3, 0.4) is 0 Å². The Kier molecular flexibility index (Phi) is 5.99.